The summed E-state index contributed by atoms with van der Waals surface area (Å²) in [5.41, 5.74) is 2.91. The molecule has 0 saturated heterocycles. The average Bonchev–Trinajstić information content (AvgIpc) is 2.77. The molecule has 1 aromatic rings. The predicted molar refractivity (Wildman–Crippen MR) is 83.4 cm³/mol. The molecule has 0 radical (unpaired) electrons. The SMILES string of the molecule is CCCCCCCCCCNCc1cscc1C. The summed E-state index contributed by atoms with van der Waals surface area (Å²) in [6, 6.07) is 0. The van der Waals surface area contributed by atoms with Crippen molar-refractivity contribution in [1.29, 1.82) is 0 Å². The molecule has 0 amide bonds. The van der Waals surface area contributed by atoms with Crippen molar-refractivity contribution in [3.8, 4) is 0 Å². The molecule has 0 bridgehead atoms. The lowest BCUT2D eigenvalue weighted by Gasteiger charge is -2.04. The number of hydrogen-bond donors (Lipinski definition) is 1. The van der Waals surface area contributed by atoms with Crippen molar-refractivity contribution in [2.45, 2.75) is 71.8 Å². The first-order valence-electron chi connectivity index (χ1n) is 7.57. The van der Waals surface area contributed by atoms with Gasteiger partial charge in [-0.3, -0.25) is 0 Å². The van der Waals surface area contributed by atoms with E-state index in [0.717, 1.165) is 6.54 Å². The molecule has 0 aliphatic carbocycles. The molecule has 0 fully saturated rings. The third-order valence-electron chi connectivity index (χ3n) is 3.48. The highest BCUT2D eigenvalue weighted by Crippen LogP contribution is 2.13. The zero-order valence-electron chi connectivity index (χ0n) is 12.1. The summed E-state index contributed by atoms with van der Waals surface area (Å²) in [6.45, 7) is 6.70. The standard InChI is InChI=1S/C16H29NS/c1-3-4-5-6-7-8-9-10-11-17-12-16-14-18-13-15(16)2/h13-14,17H,3-12H2,1-2H3. The number of hydrogen-bond acceptors (Lipinski definition) is 2. The molecule has 1 aromatic heterocycles. The fourth-order valence-corrected chi connectivity index (χ4v) is 3.03. The molecular formula is C16H29NS. The molecule has 0 aliphatic heterocycles. The largest absolute Gasteiger partial charge is 0.313 e. The minimum atomic E-state index is 1.05. The second-order valence-corrected chi connectivity index (χ2v) is 5.98. The third-order valence-corrected chi connectivity index (χ3v) is 4.39. The van der Waals surface area contributed by atoms with Gasteiger partial charge in [-0.1, -0.05) is 51.9 Å². The van der Waals surface area contributed by atoms with Crippen LogP contribution in [0.2, 0.25) is 0 Å². The zero-order chi connectivity index (χ0) is 13.1. The molecule has 1 N–H and O–H groups in total. The second kappa shape index (κ2) is 10.6. The molecule has 0 aromatic carbocycles. The van der Waals surface area contributed by atoms with Gasteiger partial charge in [-0.25, -0.2) is 0 Å². The van der Waals surface area contributed by atoms with Crippen LogP contribution in [-0.4, -0.2) is 6.54 Å². The van der Waals surface area contributed by atoms with Crippen LogP contribution in [0.1, 0.15) is 69.4 Å². The Labute approximate surface area is 117 Å². The summed E-state index contributed by atoms with van der Waals surface area (Å²) < 4.78 is 0. The van der Waals surface area contributed by atoms with Gasteiger partial charge in [0.05, 0.1) is 0 Å². The van der Waals surface area contributed by atoms with Gasteiger partial charge >= 0.3 is 0 Å². The molecule has 0 aliphatic rings. The molecule has 18 heavy (non-hydrogen) atoms. The maximum atomic E-state index is 3.55. The first-order valence-corrected chi connectivity index (χ1v) is 8.51. The molecule has 0 unspecified atom stereocenters. The Morgan fingerprint density at radius 1 is 0.944 bits per heavy atom. The summed E-state index contributed by atoms with van der Waals surface area (Å²) in [5.74, 6) is 0. The Hall–Kier alpha value is -0.340. The van der Waals surface area contributed by atoms with Gasteiger partial charge in [0.1, 0.15) is 0 Å². The molecule has 2 heteroatoms. The van der Waals surface area contributed by atoms with Gasteiger partial charge in [0, 0.05) is 6.54 Å². The lowest BCUT2D eigenvalue weighted by molar-refractivity contribution is 0.555. The second-order valence-electron chi connectivity index (χ2n) is 5.23. The first-order chi connectivity index (χ1) is 8.84. The Kier molecular flexibility index (Phi) is 9.23. The van der Waals surface area contributed by atoms with Gasteiger partial charge < -0.3 is 5.32 Å². The molecule has 104 valence electrons. The molecule has 1 nitrogen and oxygen atoms in total. The predicted octanol–water partition coefficient (Wildman–Crippen LogP) is 5.29. The maximum Gasteiger partial charge on any atom is 0.0216 e. The number of aryl methyl sites for hydroxylation is 1. The summed E-state index contributed by atoms with van der Waals surface area (Å²) in [7, 11) is 0. The van der Waals surface area contributed by atoms with E-state index in [1.54, 1.807) is 0 Å². The van der Waals surface area contributed by atoms with E-state index in [2.05, 4.69) is 29.9 Å². The third kappa shape index (κ3) is 7.17. The van der Waals surface area contributed by atoms with Gasteiger partial charge in [-0.2, -0.15) is 11.3 Å². The van der Waals surface area contributed by atoms with E-state index < -0.39 is 0 Å². The Bertz CT molecular complexity index is 293. The van der Waals surface area contributed by atoms with Crippen LogP contribution < -0.4 is 5.32 Å². The zero-order valence-corrected chi connectivity index (χ0v) is 13.0. The van der Waals surface area contributed by atoms with Crippen LogP contribution in [0.25, 0.3) is 0 Å². The minimum Gasteiger partial charge on any atom is -0.313 e. The van der Waals surface area contributed by atoms with E-state index >= 15 is 0 Å². The van der Waals surface area contributed by atoms with Crippen molar-refractivity contribution in [3.63, 3.8) is 0 Å². The summed E-state index contributed by atoms with van der Waals surface area (Å²) >= 11 is 1.81. The van der Waals surface area contributed by atoms with Crippen LogP contribution in [0.15, 0.2) is 10.8 Å². The van der Waals surface area contributed by atoms with Crippen molar-refractivity contribution >= 4 is 11.3 Å². The monoisotopic (exact) mass is 267 g/mol. The molecular weight excluding hydrogens is 238 g/mol. The Morgan fingerprint density at radius 2 is 1.61 bits per heavy atom. The number of thiophene rings is 1. The van der Waals surface area contributed by atoms with Crippen LogP contribution in [0.5, 0.6) is 0 Å². The summed E-state index contributed by atoms with van der Waals surface area (Å²) in [4.78, 5) is 0. The van der Waals surface area contributed by atoms with E-state index in [1.165, 1.54) is 69.0 Å². The fourth-order valence-electron chi connectivity index (χ4n) is 2.17. The summed E-state index contributed by atoms with van der Waals surface area (Å²) in [6.07, 6.45) is 11.2. The van der Waals surface area contributed by atoms with Crippen LogP contribution >= 0.6 is 11.3 Å². The van der Waals surface area contributed by atoms with E-state index in [1.807, 2.05) is 11.3 Å². The van der Waals surface area contributed by atoms with E-state index in [4.69, 9.17) is 0 Å². The topological polar surface area (TPSA) is 12.0 Å². The van der Waals surface area contributed by atoms with Gasteiger partial charge in [0.15, 0.2) is 0 Å². The quantitative estimate of drug-likeness (QED) is 0.537. The molecule has 0 atom stereocenters. The molecule has 1 heterocycles. The van der Waals surface area contributed by atoms with Crippen molar-refractivity contribution in [1.82, 2.24) is 5.32 Å². The molecule has 0 saturated carbocycles. The van der Waals surface area contributed by atoms with Gasteiger partial charge in [0.2, 0.25) is 0 Å². The number of rotatable bonds is 11. The van der Waals surface area contributed by atoms with Crippen molar-refractivity contribution in [3.05, 3.63) is 21.9 Å². The molecule has 0 spiro atoms. The van der Waals surface area contributed by atoms with E-state index in [-0.39, 0.29) is 0 Å². The van der Waals surface area contributed by atoms with Gasteiger partial charge in [0.25, 0.3) is 0 Å². The smallest absolute Gasteiger partial charge is 0.0216 e. The Balaban J connectivity index is 1.83. The van der Waals surface area contributed by atoms with Crippen LogP contribution in [0.3, 0.4) is 0 Å². The Morgan fingerprint density at radius 3 is 2.22 bits per heavy atom. The van der Waals surface area contributed by atoms with Crippen LogP contribution in [0, 0.1) is 6.92 Å². The van der Waals surface area contributed by atoms with Crippen LogP contribution in [-0.2, 0) is 6.54 Å². The lowest BCUT2D eigenvalue weighted by Crippen LogP contribution is -2.14. The lowest BCUT2D eigenvalue weighted by atomic mass is 10.1. The van der Waals surface area contributed by atoms with Crippen LogP contribution in [0.4, 0.5) is 0 Å². The number of unbranched alkanes of at least 4 members (excludes halogenated alkanes) is 7. The van der Waals surface area contributed by atoms with E-state index in [0.29, 0.717) is 0 Å². The average molecular weight is 267 g/mol. The van der Waals surface area contributed by atoms with Crippen molar-refractivity contribution < 1.29 is 0 Å². The number of nitrogens with one attached hydrogen (secondary N) is 1. The summed E-state index contributed by atoms with van der Waals surface area (Å²) in [5, 5.41) is 8.04. The highest BCUT2D eigenvalue weighted by atomic mass is 32.1. The van der Waals surface area contributed by atoms with E-state index in [9.17, 15) is 0 Å². The highest BCUT2D eigenvalue weighted by molar-refractivity contribution is 7.08. The minimum absolute atomic E-state index is 1.05. The maximum absolute atomic E-state index is 3.55. The van der Waals surface area contributed by atoms with Gasteiger partial charge in [-0.05, 0) is 41.8 Å². The van der Waals surface area contributed by atoms with Gasteiger partial charge in [-0.15, -0.1) is 0 Å². The first kappa shape index (κ1) is 15.7. The fraction of sp³-hybridized carbons (Fsp3) is 0.750. The van der Waals surface area contributed by atoms with Crippen molar-refractivity contribution in [2.24, 2.45) is 0 Å². The highest BCUT2D eigenvalue weighted by Gasteiger charge is 1.97. The molecule has 1 rings (SSSR count). The normalized spacial score (nSPS) is 11.0. The van der Waals surface area contributed by atoms with Crippen molar-refractivity contribution in [2.75, 3.05) is 6.54 Å².